The van der Waals surface area contributed by atoms with Gasteiger partial charge in [-0.25, -0.2) is 0 Å². The number of fused-ring (bicyclic) bond motifs is 1. The number of hydrogen-bond donors (Lipinski definition) is 2. The van der Waals surface area contributed by atoms with Crippen LogP contribution in [0.5, 0.6) is 5.75 Å². The number of nitrogens with one attached hydrogen (secondary N) is 1. The number of aromatic nitrogens is 2. The van der Waals surface area contributed by atoms with Gasteiger partial charge in [-0.15, -0.1) is 0 Å². The van der Waals surface area contributed by atoms with Gasteiger partial charge >= 0.3 is 0 Å². The molecule has 3 aromatic rings. The lowest BCUT2D eigenvalue weighted by Gasteiger charge is -2.08. The largest absolute Gasteiger partial charge is 0.507 e. The van der Waals surface area contributed by atoms with Gasteiger partial charge in [0.15, 0.2) is 0 Å². The molecule has 0 saturated heterocycles. The van der Waals surface area contributed by atoms with Crippen LogP contribution in [0, 0.1) is 0 Å². The van der Waals surface area contributed by atoms with E-state index in [9.17, 15) is 9.90 Å². The molecule has 1 amide bonds. The Morgan fingerprint density at radius 2 is 1.95 bits per heavy atom. The number of amides is 1. The number of carbonyl (C=O) groups excluding carboxylic acids is 1. The first kappa shape index (κ1) is 13.2. The van der Waals surface area contributed by atoms with Crippen LogP contribution in [0.2, 0.25) is 0 Å². The zero-order chi connectivity index (χ0) is 14.7. The molecule has 5 nitrogen and oxygen atoms in total. The first-order chi connectivity index (χ1) is 10.2. The fraction of sp³-hybridized carbons (Fsp3) is 0.125. The second-order valence-electron chi connectivity index (χ2n) is 4.74. The number of hydrogen-bond acceptors (Lipinski definition) is 3. The summed E-state index contributed by atoms with van der Waals surface area (Å²) in [5.41, 5.74) is 0.286. The lowest BCUT2D eigenvalue weighted by Crippen LogP contribution is -2.27. The maximum Gasteiger partial charge on any atom is 0.255 e. The summed E-state index contributed by atoms with van der Waals surface area (Å²) >= 11 is 0. The highest BCUT2D eigenvalue weighted by Gasteiger charge is 2.11. The zero-order valence-corrected chi connectivity index (χ0v) is 11.4. The normalized spacial score (nSPS) is 10.7. The molecule has 2 N–H and O–H groups in total. The van der Waals surface area contributed by atoms with Gasteiger partial charge in [-0.3, -0.25) is 9.48 Å². The van der Waals surface area contributed by atoms with Gasteiger partial charge in [0.25, 0.3) is 5.91 Å². The minimum Gasteiger partial charge on any atom is -0.507 e. The molecule has 106 valence electrons. The first-order valence-corrected chi connectivity index (χ1v) is 6.71. The standard InChI is InChI=1S/C16H15N3O2/c20-15-11-13-5-2-1-4-12(13)10-14(15)16(21)17-7-9-19-8-3-6-18-19/h1-6,8,10-11,20H,7,9H2,(H,17,21). The van der Waals surface area contributed by atoms with Gasteiger partial charge in [0.1, 0.15) is 5.75 Å². The van der Waals surface area contributed by atoms with Crippen LogP contribution in [0.1, 0.15) is 10.4 Å². The first-order valence-electron chi connectivity index (χ1n) is 6.71. The van der Waals surface area contributed by atoms with Crippen LogP contribution in [0.4, 0.5) is 0 Å². The van der Waals surface area contributed by atoms with Crippen molar-refractivity contribution in [3.8, 4) is 5.75 Å². The van der Waals surface area contributed by atoms with Gasteiger partial charge < -0.3 is 10.4 Å². The van der Waals surface area contributed by atoms with E-state index in [-0.39, 0.29) is 17.2 Å². The van der Waals surface area contributed by atoms with Gasteiger partial charge in [0, 0.05) is 18.9 Å². The van der Waals surface area contributed by atoms with E-state index in [1.807, 2.05) is 36.5 Å². The molecule has 0 atom stereocenters. The molecule has 3 rings (SSSR count). The molecule has 0 unspecified atom stereocenters. The number of benzene rings is 2. The maximum atomic E-state index is 12.1. The van der Waals surface area contributed by atoms with Crippen LogP contribution in [0.25, 0.3) is 10.8 Å². The van der Waals surface area contributed by atoms with E-state index in [4.69, 9.17) is 0 Å². The van der Waals surface area contributed by atoms with Crippen molar-refractivity contribution in [2.75, 3.05) is 6.54 Å². The average Bonchev–Trinajstić information content (AvgIpc) is 2.99. The molecule has 0 saturated carbocycles. The number of phenolic OH excluding ortho intramolecular Hbond substituents is 1. The quantitative estimate of drug-likeness (QED) is 0.770. The SMILES string of the molecule is O=C(NCCn1cccn1)c1cc2ccccc2cc1O. The Morgan fingerprint density at radius 3 is 2.67 bits per heavy atom. The van der Waals surface area contributed by atoms with Crippen LogP contribution in [0.15, 0.2) is 54.9 Å². The highest BCUT2D eigenvalue weighted by molar-refractivity contribution is 6.01. The predicted octanol–water partition coefficient (Wildman–Crippen LogP) is 2.17. The number of carbonyl (C=O) groups is 1. The van der Waals surface area contributed by atoms with Crippen LogP contribution in [-0.2, 0) is 6.54 Å². The Labute approximate surface area is 121 Å². The lowest BCUT2D eigenvalue weighted by atomic mass is 10.1. The summed E-state index contributed by atoms with van der Waals surface area (Å²) in [7, 11) is 0. The van der Waals surface area contributed by atoms with E-state index in [1.165, 1.54) is 0 Å². The molecule has 2 aromatic carbocycles. The van der Waals surface area contributed by atoms with Gasteiger partial charge in [-0.05, 0) is 29.0 Å². The molecule has 0 bridgehead atoms. The molecule has 1 aromatic heterocycles. The predicted molar refractivity (Wildman–Crippen MR) is 80.2 cm³/mol. The van der Waals surface area contributed by atoms with Crippen molar-refractivity contribution in [1.29, 1.82) is 0 Å². The summed E-state index contributed by atoms with van der Waals surface area (Å²) in [4.78, 5) is 12.1. The van der Waals surface area contributed by atoms with E-state index in [2.05, 4.69) is 10.4 Å². The number of nitrogens with zero attached hydrogens (tertiary/aromatic N) is 2. The molecule has 5 heteroatoms. The van der Waals surface area contributed by atoms with E-state index in [0.717, 1.165) is 10.8 Å². The third kappa shape index (κ3) is 2.86. The van der Waals surface area contributed by atoms with Crippen molar-refractivity contribution in [1.82, 2.24) is 15.1 Å². The fourth-order valence-corrected chi connectivity index (χ4v) is 2.22. The van der Waals surface area contributed by atoms with Crippen molar-refractivity contribution in [3.05, 3.63) is 60.4 Å². The fourth-order valence-electron chi connectivity index (χ4n) is 2.22. The van der Waals surface area contributed by atoms with E-state index in [1.54, 1.807) is 23.0 Å². The summed E-state index contributed by atoms with van der Waals surface area (Å²) in [6.07, 6.45) is 3.52. The minimum absolute atomic E-state index is 0.00899. The van der Waals surface area contributed by atoms with E-state index < -0.39 is 0 Å². The molecule has 0 aliphatic heterocycles. The highest BCUT2D eigenvalue weighted by Crippen LogP contribution is 2.24. The molecule has 0 radical (unpaired) electrons. The molecule has 0 aliphatic rings. The van der Waals surface area contributed by atoms with Crippen molar-refractivity contribution < 1.29 is 9.90 Å². The summed E-state index contributed by atoms with van der Waals surface area (Å²) < 4.78 is 1.74. The Bertz CT molecular complexity index is 766. The second kappa shape index (κ2) is 5.66. The van der Waals surface area contributed by atoms with Gasteiger partial charge in [-0.2, -0.15) is 5.10 Å². The van der Waals surface area contributed by atoms with Crippen molar-refractivity contribution in [3.63, 3.8) is 0 Å². The smallest absolute Gasteiger partial charge is 0.255 e. The highest BCUT2D eigenvalue weighted by atomic mass is 16.3. The zero-order valence-electron chi connectivity index (χ0n) is 11.4. The van der Waals surface area contributed by atoms with E-state index >= 15 is 0 Å². The number of phenols is 1. The molecular formula is C16H15N3O2. The van der Waals surface area contributed by atoms with Crippen molar-refractivity contribution in [2.24, 2.45) is 0 Å². The lowest BCUT2D eigenvalue weighted by molar-refractivity contribution is 0.0949. The third-order valence-electron chi connectivity index (χ3n) is 3.29. The molecular weight excluding hydrogens is 266 g/mol. The Hall–Kier alpha value is -2.82. The third-order valence-corrected chi connectivity index (χ3v) is 3.29. The van der Waals surface area contributed by atoms with Crippen LogP contribution in [0.3, 0.4) is 0 Å². The number of rotatable bonds is 4. The molecule has 0 aliphatic carbocycles. The van der Waals surface area contributed by atoms with Gasteiger partial charge in [0.2, 0.25) is 0 Å². The Balaban J connectivity index is 1.73. The van der Waals surface area contributed by atoms with Crippen LogP contribution >= 0.6 is 0 Å². The minimum atomic E-state index is -0.287. The topological polar surface area (TPSA) is 67.2 Å². The van der Waals surface area contributed by atoms with Gasteiger partial charge in [0.05, 0.1) is 12.1 Å². The van der Waals surface area contributed by atoms with Crippen LogP contribution < -0.4 is 5.32 Å². The summed E-state index contributed by atoms with van der Waals surface area (Å²) in [6.45, 7) is 1.04. The number of aromatic hydroxyl groups is 1. The molecule has 0 fully saturated rings. The summed E-state index contributed by atoms with van der Waals surface area (Å²) in [5.74, 6) is -0.296. The summed E-state index contributed by atoms with van der Waals surface area (Å²) in [6, 6.07) is 12.7. The Kier molecular flexibility index (Phi) is 3.55. The maximum absolute atomic E-state index is 12.1. The Morgan fingerprint density at radius 1 is 1.19 bits per heavy atom. The van der Waals surface area contributed by atoms with E-state index in [0.29, 0.717) is 13.1 Å². The second-order valence-corrected chi connectivity index (χ2v) is 4.74. The van der Waals surface area contributed by atoms with Gasteiger partial charge in [-0.1, -0.05) is 24.3 Å². The molecule has 1 heterocycles. The van der Waals surface area contributed by atoms with Crippen molar-refractivity contribution >= 4 is 16.7 Å². The molecule has 0 spiro atoms. The van der Waals surface area contributed by atoms with Crippen molar-refractivity contribution in [2.45, 2.75) is 6.54 Å². The monoisotopic (exact) mass is 281 g/mol. The average molecular weight is 281 g/mol. The van der Waals surface area contributed by atoms with Crippen LogP contribution in [-0.4, -0.2) is 27.3 Å². The summed E-state index contributed by atoms with van der Waals surface area (Å²) in [5, 5.41) is 18.7. The molecule has 21 heavy (non-hydrogen) atoms.